The predicted molar refractivity (Wildman–Crippen MR) is 68.8 cm³/mol. The van der Waals surface area contributed by atoms with Crippen molar-refractivity contribution in [2.75, 3.05) is 14.2 Å². The number of halogens is 1. The van der Waals surface area contributed by atoms with Crippen LogP contribution in [0.4, 0.5) is 0 Å². The van der Waals surface area contributed by atoms with E-state index in [2.05, 4.69) is 0 Å². The van der Waals surface area contributed by atoms with Gasteiger partial charge in [0.25, 0.3) is 0 Å². The van der Waals surface area contributed by atoms with Gasteiger partial charge in [-0.1, -0.05) is 11.6 Å². The summed E-state index contributed by atoms with van der Waals surface area (Å²) in [4.78, 5) is 0. The van der Waals surface area contributed by atoms with E-state index < -0.39 is 5.60 Å². The third-order valence-corrected chi connectivity index (χ3v) is 3.26. The van der Waals surface area contributed by atoms with Crippen LogP contribution in [0.25, 0.3) is 0 Å². The number of methoxy groups -OCH3 is 2. The number of rotatable bonds is 5. The molecule has 1 rings (SSSR count). The second-order valence-electron chi connectivity index (χ2n) is 4.37. The summed E-state index contributed by atoms with van der Waals surface area (Å²) in [7, 11) is 3.18. The van der Waals surface area contributed by atoms with E-state index in [-0.39, 0.29) is 6.10 Å². The molecular formula is C13H19ClO3. The summed E-state index contributed by atoms with van der Waals surface area (Å²) in [6.07, 6.45) is 0.150. The van der Waals surface area contributed by atoms with Crippen molar-refractivity contribution in [3.05, 3.63) is 28.8 Å². The van der Waals surface area contributed by atoms with Crippen molar-refractivity contribution in [3.8, 4) is 5.75 Å². The van der Waals surface area contributed by atoms with E-state index >= 15 is 0 Å². The molecule has 0 radical (unpaired) electrons. The Morgan fingerprint density at radius 1 is 1.41 bits per heavy atom. The highest BCUT2D eigenvalue weighted by molar-refractivity contribution is 6.30. The molecule has 0 bridgehead atoms. The molecule has 0 aromatic heterocycles. The Hall–Kier alpha value is -0.770. The lowest BCUT2D eigenvalue weighted by Crippen LogP contribution is -2.40. The minimum atomic E-state index is -0.966. The molecule has 0 fully saturated rings. The van der Waals surface area contributed by atoms with Gasteiger partial charge in [-0.25, -0.2) is 0 Å². The fourth-order valence-corrected chi connectivity index (χ4v) is 1.86. The summed E-state index contributed by atoms with van der Waals surface area (Å²) in [5.41, 5.74) is -0.0962. The van der Waals surface area contributed by atoms with Crippen LogP contribution in [0.15, 0.2) is 18.2 Å². The lowest BCUT2D eigenvalue weighted by molar-refractivity contribution is -0.0717. The Kier molecular flexibility index (Phi) is 4.80. The van der Waals surface area contributed by atoms with Gasteiger partial charge in [-0.2, -0.15) is 0 Å². The SMILES string of the molecule is COc1ccc(Cl)cc1CC(C)(O)C(C)OC. The molecule has 0 aliphatic rings. The maximum Gasteiger partial charge on any atom is 0.122 e. The molecule has 3 nitrogen and oxygen atoms in total. The molecular weight excluding hydrogens is 240 g/mol. The molecule has 1 aromatic carbocycles. The zero-order chi connectivity index (χ0) is 13.1. The van der Waals surface area contributed by atoms with Crippen LogP contribution in [0.5, 0.6) is 5.75 Å². The molecule has 0 aliphatic heterocycles. The first-order valence-corrected chi connectivity index (χ1v) is 5.86. The van der Waals surface area contributed by atoms with Crippen LogP contribution in [-0.2, 0) is 11.2 Å². The van der Waals surface area contributed by atoms with Gasteiger partial charge >= 0.3 is 0 Å². The van der Waals surface area contributed by atoms with Crippen molar-refractivity contribution in [2.45, 2.75) is 32.0 Å². The first kappa shape index (κ1) is 14.3. The number of hydrogen-bond donors (Lipinski definition) is 1. The standard InChI is InChI=1S/C13H19ClO3/c1-9(16-3)13(2,15)8-10-7-11(14)5-6-12(10)17-4/h5-7,9,15H,8H2,1-4H3. The third kappa shape index (κ3) is 3.60. The van der Waals surface area contributed by atoms with Crippen molar-refractivity contribution in [1.29, 1.82) is 0 Å². The van der Waals surface area contributed by atoms with E-state index in [0.29, 0.717) is 11.4 Å². The van der Waals surface area contributed by atoms with Gasteiger partial charge in [0.2, 0.25) is 0 Å². The van der Waals surface area contributed by atoms with Gasteiger partial charge in [0.05, 0.1) is 18.8 Å². The summed E-state index contributed by atoms with van der Waals surface area (Å²) >= 11 is 5.95. The molecule has 0 amide bonds. The Morgan fingerprint density at radius 3 is 2.59 bits per heavy atom. The smallest absolute Gasteiger partial charge is 0.122 e. The van der Waals surface area contributed by atoms with Crippen LogP contribution in [-0.4, -0.2) is 31.0 Å². The summed E-state index contributed by atoms with van der Waals surface area (Å²) in [6.45, 7) is 3.57. The van der Waals surface area contributed by atoms with Gasteiger partial charge in [-0.3, -0.25) is 0 Å². The Bertz CT molecular complexity index is 377. The number of benzene rings is 1. The molecule has 0 saturated carbocycles. The fraction of sp³-hybridized carbons (Fsp3) is 0.538. The maximum atomic E-state index is 10.3. The van der Waals surface area contributed by atoms with E-state index in [1.165, 1.54) is 0 Å². The largest absolute Gasteiger partial charge is 0.496 e. The molecule has 0 heterocycles. The fourth-order valence-electron chi connectivity index (χ4n) is 1.67. The predicted octanol–water partition coefficient (Wildman–Crippen LogP) is 2.68. The van der Waals surface area contributed by atoms with Crippen molar-refractivity contribution >= 4 is 11.6 Å². The molecule has 0 aliphatic carbocycles. The Labute approximate surface area is 107 Å². The van der Waals surface area contributed by atoms with Gasteiger partial charge < -0.3 is 14.6 Å². The molecule has 0 saturated heterocycles. The normalized spacial score (nSPS) is 16.4. The van der Waals surface area contributed by atoms with Gasteiger partial charge in [0.1, 0.15) is 5.75 Å². The minimum Gasteiger partial charge on any atom is -0.496 e. The Balaban J connectivity index is 2.97. The number of hydrogen-bond acceptors (Lipinski definition) is 3. The molecule has 2 atom stereocenters. The topological polar surface area (TPSA) is 38.7 Å². The van der Waals surface area contributed by atoms with Crippen molar-refractivity contribution < 1.29 is 14.6 Å². The van der Waals surface area contributed by atoms with Crippen LogP contribution < -0.4 is 4.74 Å². The van der Waals surface area contributed by atoms with E-state index in [1.807, 2.05) is 6.92 Å². The van der Waals surface area contributed by atoms with Gasteiger partial charge in [-0.15, -0.1) is 0 Å². The highest BCUT2D eigenvalue weighted by Gasteiger charge is 2.29. The van der Waals surface area contributed by atoms with Crippen LogP contribution in [0, 0.1) is 0 Å². The van der Waals surface area contributed by atoms with Gasteiger partial charge in [0.15, 0.2) is 0 Å². The molecule has 1 aromatic rings. The minimum absolute atomic E-state index is 0.272. The van der Waals surface area contributed by atoms with Gasteiger partial charge in [-0.05, 0) is 37.6 Å². The molecule has 0 spiro atoms. The lowest BCUT2D eigenvalue weighted by atomic mass is 9.91. The molecule has 17 heavy (non-hydrogen) atoms. The van der Waals surface area contributed by atoms with Gasteiger partial charge in [0, 0.05) is 18.6 Å². The molecule has 1 N–H and O–H groups in total. The summed E-state index contributed by atoms with van der Waals surface area (Å²) in [5.74, 6) is 0.720. The quantitative estimate of drug-likeness (QED) is 0.883. The Morgan fingerprint density at radius 2 is 2.06 bits per heavy atom. The average Bonchev–Trinajstić information content (AvgIpc) is 2.27. The van der Waals surface area contributed by atoms with Crippen LogP contribution in [0.2, 0.25) is 5.02 Å². The number of ether oxygens (including phenoxy) is 2. The highest BCUT2D eigenvalue weighted by Crippen LogP contribution is 2.28. The second kappa shape index (κ2) is 5.71. The third-order valence-electron chi connectivity index (χ3n) is 3.02. The first-order valence-electron chi connectivity index (χ1n) is 5.48. The summed E-state index contributed by atoms with van der Waals surface area (Å²) in [5, 5.41) is 11.0. The highest BCUT2D eigenvalue weighted by atomic mass is 35.5. The van der Waals surface area contributed by atoms with Crippen molar-refractivity contribution in [2.24, 2.45) is 0 Å². The summed E-state index contributed by atoms with van der Waals surface area (Å²) < 4.78 is 10.4. The zero-order valence-corrected chi connectivity index (χ0v) is 11.4. The lowest BCUT2D eigenvalue weighted by Gasteiger charge is -2.29. The first-order chi connectivity index (χ1) is 7.90. The zero-order valence-electron chi connectivity index (χ0n) is 10.7. The van der Waals surface area contributed by atoms with E-state index in [4.69, 9.17) is 21.1 Å². The van der Waals surface area contributed by atoms with E-state index in [1.54, 1.807) is 39.3 Å². The van der Waals surface area contributed by atoms with E-state index in [9.17, 15) is 5.11 Å². The second-order valence-corrected chi connectivity index (χ2v) is 4.80. The van der Waals surface area contributed by atoms with Crippen molar-refractivity contribution in [3.63, 3.8) is 0 Å². The summed E-state index contributed by atoms with van der Waals surface area (Å²) in [6, 6.07) is 5.36. The molecule has 4 heteroatoms. The number of aliphatic hydroxyl groups is 1. The van der Waals surface area contributed by atoms with Crippen LogP contribution >= 0.6 is 11.6 Å². The van der Waals surface area contributed by atoms with Crippen LogP contribution in [0.1, 0.15) is 19.4 Å². The average molecular weight is 259 g/mol. The molecule has 96 valence electrons. The maximum absolute atomic E-state index is 10.3. The van der Waals surface area contributed by atoms with Crippen molar-refractivity contribution in [1.82, 2.24) is 0 Å². The van der Waals surface area contributed by atoms with E-state index in [0.717, 1.165) is 11.3 Å². The molecule has 2 unspecified atom stereocenters. The van der Waals surface area contributed by atoms with Crippen LogP contribution in [0.3, 0.4) is 0 Å². The monoisotopic (exact) mass is 258 g/mol.